The van der Waals surface area contributed by atoms with Crippen LogP contribution in [0.15, 0.2) is 42.5 Å². The maximum Gasteiger partial charge on any atom is 0.326 e. The van der Waals surface area contributed by atoms with Crippen LogP contribution in [0.2, 0.25) is 5.02 Å². The largest absolute Gasteiger partial charge is 0.360 e. The van der Waals surface area contributed by atoms with Gasteiger partial charge in [0.1, 0.15) is 0 Å². The number of imide groups is 1. The van der Waals surface area contributed by atoms with E-state index in [-0.39, 0.29) is 12.5 Å². The molecule has 148 valence electrons. The first-order valence-electron chi connectivity index (χ1n) is 9.43. The molecule has 1 aliphatic rings. The van der Waals surface area contributed by atoms with Crippen LogP contribution in [-0.4, -0.2) is 44.7 Å². The normalized spacial score (nSPS) is 14.6. The number of hydrogen-bond donors (Lipinski definition) is 3. The predicted octanol–water partition coefficient (Wildman–Crippen LogP) is 2.01. The Bertz CT molecular complexity index is 863. The Kier molecular flexibility index (Phi) is 6.54. The van der Waals surface area contributed by atoms with Crippen LogP contribution in [0.1, 0.15) is 11.1 Å². The monoisotopic (exact) mass is 401 g/mol. The second-order valence-corrected chi connectivity index (χ2v) is 7.58. The maximum absolute atomic E-state index is 12.2. The molecule has 0 unspecified atom stereocenters. The molecule has 0 aliphatic carbocycles. The summed E-state index contributed by atoms with van der Waals surface area (Å²) >= 11 is 6.06. The Morgan fingerprint density at radius 3 is 2.54 bits per heavy atom. The number of halogens is 1. The third kappa shape index (κ3) is 5.24. The van der Waals surface area contributed by atoms with Crippen molar-refractivity contribution in [2.45, 2.75) is 13.8 Å². The summed E-state index contributed by atoms with van der Waals surface area (Å²) in [6.07, 6.45) is 0. The molecule has 2 aromatic rings. The van der Waals surface area contributed by atoms with Gasteiger partial charge in [-0.3, -0.25) is 10.1 Å². The number of piperazine rings is 1. The SMILES string of the molecule is Cc1cccc(NC(=O)NC(=O)C[NH+]2CCN(c3cccc(Cl)c3)CC2)c1C. The maximum atomic E-state index is 12.2. The molecule has 0 bridgehead atoms. The molecule has 7 heteroatoms. The molecule has 2 aromatic carbocycles. The minimum atomic E-state index is -0.490. The van der Waals surface area contributed by atoms with Crippen LogP contribution < -0.4 is 20.4 Å². The van der Waals surface area contributed by atoms with Gasteiger partial charge in [-0.2, -0.15) is 0 Å². The van der Waals surface area contributed by atoms with Gasteiger partial charge in [0, 0.05) is 16.4 Å². The van der Waals surface area contributed by atoms with Crippen LogP contribution in [0, 0.1) is 13.8 Å². The van der Waals surface area contributed by atoms with E-state index >= 15 is 0 Å². The van der Waals surface area contributed by atoms with Gasteiger partial charge in [0.2, 0.25) is 0 Å². The van der Waals surface area contributed by atoms with Crippen molar-refractivity contribution in [1.82, 2.24) is 5.32 Å². The molecule has 28 heavy (non-hydrogen) atoms. The van der Waals surface area contributed by atoms with Crippen molar-refractivity contribution in [3.63, 3.8) is 0 Å². The van der Waals surface area contributed by atoms with Crippen molar-refractivity contribution in [3.05, 3.63) is 58.6 Å². The van der Waals surface area contributed by atoms with Crippen molar-refractivity contribution in [2.24, 2.45) is 0 Å². The molecule has 1 aliphatic heterocycles. The van der Waals surface area contributed by atoms with Gasteiger partial charge in [0.25, 0.3) is 5.91 Å². The van der Waals surface area contributed by atoms with Gasteiger partial charge in [0.05, 0.1) is 26.2 Å². The van der Waals surface area contributed by atoms with Gasteiger partial charge in [-0.15, -0.1) is 0 Å². The van der Waals surface area contributed by atoms with E-state index in [1.807, 2.05) is 56.3 Å². The summed E-state index contributed by atoms with van der Waals surface area (Å²) in [6, 6.07) is 13.0. The quantitative estimate of drug-likeness (QED) is 0.734. The molecule has 0 atom stereocenters. The van der Waals surface area contributed by atoms with Gasteiger partial charge in [-0.05, 0) is 49.2 Å². The van der Waals surface area contributed by atoms with E-state index in [4.69, 9.17) is 11.6 Å². The first-order chi connectivity index (χ1) is 13.4. The highest BCUT2D eigenvalue weighted by atomic mass is 35.5. The summed E-state index contributed by atoms with van der Waals surface area (Å²) in [5, 5.41) is 5.91. The Morgan fingerprint density at radius 2 is 1.82 bits per heavy atom. The molecule has 6 nitrogen and oxygen atoms in total. The Morgan fingerprint density at radius 1 is 1.11 bits per heavy atom. The van der Waals surface area contributed by atoms with Crippen molar-refractivity contribution >= 4 is 34.9 Å². The molecular weight excluding hydrogens is 376 g/mol. The van der Waals surface area contributed by atoms with E-state index in [1.165, 1.54) is 0 Å². The number of anilines is 2. The molecule has 0 aromatic heterocycles. The van der Waals surface area contributed by atoms with Gasteiger partial charge in [-0.25, -0.2) is 4.79 Å². The molecule has 3 rings (SSSR count). The smallest absolute Gasteiger partial charge is 0.326 e. The summed E-state index contributed by atoms with van der Waals surface area (Å²) < 4.78 is 0. The fraction of sp³-hybridized carbons (Fsp3) is 0.333. The topological polar surface area (TPSA) is 65.9 Å². The van der Waals surface area contributed by atoms with Crippen molar-refractivity contribution in [3.8, 4) is 0 Å². The lowest BCUT2D eigenvalue weighted by Crippen LogP contribution is -3.16. The molecule has 0 radical (unpaired) electrons. The summed E-state index contributed by atoms with van der Waals surface area (Å²) in [6.45, 7) is 7.56. The van der Waals surface area contributed by atoms with Crippen LogP contribution in [0.3, 0.4) is 0 Å². The third-order valence-corrected chi connectivity index (χ3v) is 5.40. The lowest BCUT2D eigenvalue weighted by molar-refractivity contribution is -0.892. The summed E-state index contributed by atoms with van der Waals surface area (Å²) in [4.78, 5) is 27.8. The number of carbonyl (C=O) groups excluding carboxylic acids is 2. The van der Waals surface area contributed by atoms with Crippen LogP contribution in [0.5, 0.6) is 0 Å². The van der Waals surface area contributed by atoms with Crippen molar-refractivity contribution < 1.29 is 14.5 Å². The predicted molar refractivity (Wildman–Crippen MR) is 112 cm³/mol. The van der Waals surface area contributed by atoms with Gasteiger partial charge < -0.3 is 15.1 Å². The molecule has 1 heterocycles. The Balaban J connectivity index is 1.45. The molecule has 0 spiro atoms. The highest BCUT2D eigenvalue weighted by molar-refractivity contribution is 6.30. The first kappa shape index (κ1) is 20.2. The zero-order chi connectivity index (χ0) is 20.1. The number of hydrogen-bond acceptors (Lipinski definition) is 3. The van der Waals surface area contributed by atoms with E-state index < -0.39 is 6.03 Å². The summed E-state index contributed by atoms with van der Waals surface area (Å²) in [7, 11) is 0. The third-order valence-electron chi connectivity index (χ3n) is 5.16. The van der Waals surface area contributed by atoms with Crippen LogP contribution >= 0.6 is 11.6 Å². The van der Waals surface area contributed by atoms with Crippen LogP contribution in [0.4, 0.5) is 16.2 Å². The van der Waals surface area contributed by atoms with Crippen LogP contribution in [0.25, 0.3) is 0 Å². The summed E-state index contributed by atoms with van der Waals surface area (Å²) in [5.41, 5.74) is 3.90. The molecule has 3 N–H and O–H groups in total. The van der Waals surface area contributed by atoms with Crippen LogP contribution in [-0.2, 0) is 4.79 Å². The fourth-order valence-corrected chi connectivity index (χ4v) is 3.55. The van der Waals surface area contributed by atoms with Gasteiger partial charge in [-0.1, -0.05) is 29.8 Å². The fourth-order valence-electron chi connectivity index (χ4n) is 3.37. The van der Waals surface area contributed by atoms with E-state index in [0.717, 1.165) is 52.9 Å². The number of nitrogens with zero attached hydrogens (tertiary/aromatic N) is 1. The number of aryl methyl sites for hydroxylation is 1. The second kappa shape index (κ2) is 9.08. The highest BCUT2D eigenvalue weighted by Crippen LogP contribution is 2.19. The number of carbonyl (C=O) groups is 2. The van der Waals surface area contributed by atoms with E-state index in [9.17, 15) is 9.59 Å². The van der Waals surface area contributed by atoms with Gasteiger partial charge in [0.15, 0.2) is 6.54 Å². The lowest BCUT2D eigenvalue weighted by Gasteiger charge is -2.33. The molecular formula is C21H26ClN4O2+. The van der Waals surface area contributed by atoms with E-state index in [0.29, 0.717) is 5.69 Å². The number of urea groups is 1. The Hall–Kier alpha value is -2.57. The number of rotatable bonds is 4. The van der Waals surface area contributed by atoms with Crippen molar-refractivity contribution in [2.75, 3.05) is 42.9 Å². The lowest BCUT2D eigenvalue weighted by atomic mass is 10.1. The minimum absolute atomic E-state index is 0.269. The number of benzene rings is 2. The minimum Gasteiger partial charge on any atom is -0.360 e. The Labute approximate surface area is 170 Å². The zero-order valence-corrected chi connectivity index (χ0v) is 17.0. The molecule has 1 fully saturated rings. The second-order valence-electron chi connectivity index (χ2n) is 7.14. The molecule has 3 amide bonds. The average Bonchev–Trinajstić information content (AvgIpc) is 2.66. The van der Waals surface area contributed by atoms with Crippen molar-refractivity contribution in [1.29, 1.82) is 0 Å². The average molecular weight is 402 g/mol. The van der Waals surface area contributed by atoms with Gasteiger partial charge >= 0.3 is 6.03 Å². The number of amides is 3. The first-order valence-corrected chi connectivity index (χ1v) is 9.81. The number of quaternary nitrogens is 1. The summed E-state index contributed by atoms with van der Waals surface area (Å²) in [5.74, 6) is -0.269. The zero-order valence-electron chi connectivity index (χ0n) is 16.2. The standard InChI is InChI=1S/C21H25ClN4O2/c1-15-5-3-8-19(16(15)2)23-21(28)24-20(27)14-25-9-11-26(12-10-25)18-7-4-6-17(22)13-18/h3-8,13H,9-12,14H2,1-2H3,(H2,23,24,27,28)/p+1. The molecule has 1 saturated heterocycles. The highest BCUT2D eigenvalue weighted by Gasteiger charge is 2.23. The van der Waals surface area contributed by atoms with E-state index in [1.54, 1.807) is 0 Å². The molecule has 0 saturated carbocycles. The number of nitrogens with one attached hydrogen (secondary N) is 3. The van der Waals surface area contributed by atoms with E-state index in [2.05, 4.69) is 15.5 Å².